The van der Waals surface area contributed by atoms with E-state index in [0.717, 1.165) is 57.3 Å². The Hall–Kier alpha value is -1.88. The van der Waals surface area contributed by atoms with Crippen LogP contribution in [0, 0.1) is 5.92 Å². The molecule has 2 saturated heterocycles. The number of nitrogens with zero attached hydrogens (tertiary/aromatic N) is 1. The van der Waals surface area contributed by atoms with E-state index >= 15 is 0 Å². The molecule has 0 aromatic heterocycles. The van der Waals surface area contributed by atoms with Crippen LogP contribution in [0.2, 0.25) is 0 Å². The van der Waals surface area contributed by atoms with Crippen LogP contribution < -0.4 is 10.6 Å². The summed E-state index contributed by atoms with van der Waals surface area (Å²) in [4.78, 5) is 26.8. The van der Waals surface area contributed by atoms with E-state index in [1.54, 1.807) is 0 Å². The number of hydrogen-bond acceptors (Lipinski definition) is 3. The molecule has 2 fully saturated rings. The van der Waals surface area contributed by atoms with Gasteiger partial charge in [0.1, 0.15) is 0 Å². The van der Waals surface area contributed by atoms with Gasteiger partial charge >= 0.3 is 0 Å². The molecular weight excluding hydrogens is 314 g/mol. The van der Waals surface area contributed by atoms with E-state index < -0.39 is 0 Å². The van der Waals surface area contributed by atoms with Crippen molar-refractivity contribution in [3.05, 3.63) is 35.4 Å². The fraction of sp³-hybridized carbons (Fsp3) is 0.600. The number of nitrogens with one attached hydrogen (secondary N) is 2. The Balaban J connectivity index is 1.51. The molecule has 2 unspecified atom stereocenters. The number of hydrogen-bond donors (Lipinski definition) is 2. The van der Waals surface area contributed by atoms with Gasteiger partial charge in [0, 0.05) is 25.2 Å². The van der Waals surface area contributed by atoms with Gasteiger partial charge in [-0.3, -0.25) is 9.59 Å². The predicted molar refractivity (Wildman–Crippen MR) is 98.5 cm³/mol. The van der Waals surface area contributed by atoms with E-state index in [9.17, 15) is 9.59 Å². The smallest absolute Gasteiger partial charge is 0.253 e. The normalized spacial score (nSPS) is 23.5. The van der Waals surface area contributed by atoms with Gasteiger partial charge in [-0.25, -0.2) is 0 Å². The molecule has 0 spiro atoms. The van der Waals surface area contributed by atoms with E-state index in [4.69, 9.17) is 0 Å². The molecule has 2 heterocycles. The first-order valence-electron chi connectivity index (χ1n) is 9.56. The average Bonchev–Trinajstić information content (AvgIpc) is 3.21. The Morgan fingerprint density at radius 1 is 1.20 bits per heavy atom. The number of likely N-dealkylation sites (tertiary alicyclic amines) is 1. The van der Waals surface area contributed by atoms with Crippen LogP contribution in [0.25, 0.3) is 0 Å². The third-order valence-corrected chi connectivity index (χ3v) is 5.36. The lowest BCUT2D eigenvalue weighted by Crippen LogP contribution is -2.46. The second kappa shape index (κ2) is 8.48. The molecule has 3 rings (SSSR count). The van der Waals surface area contributed by atoms with E-state index in [1.807, 2.05) is 29.2 Å². The topological polar surface area (TPSA) is 61.4 Å². The number of aryl methyl sites for hydroxylation is 1. The summed E-state index contributed by atoms with van der Waals surface area (Å²) >= 11 is 0. The first-order valence-corrected chi connectivity index (χ1v) is 9.56. The maximum Gasteiger partial charge on any atom is 0.253 e. The number of amides is 2. The third-order valence-electron chi connectivity index (χ3n) is 5.36. The van der Waals surface area contributed by atoms with Gasteiger partial charge in [-0.1, -0.05) is 19.1 Å². The fourth-order valence-electron chi connectivity index (χ4n) is 3.76. The monoisotopic (exact) mass is 343 g/mol. The molecular formula is C20H29N3O2. The molecule has 0 saturated carbocycles. The second-order valence-electron chi connectivity index (χ2n) is 7.20. The highest BCUT2D eigenvalue weighted by molar-refractivity contribution is 5.94. The zero-order chi connectivity index (χ0) is 17.6. The molecule has 0 aliphatic carbocycles. The summed E-state index contributed by atoms with van der Waals surface area (Å²) in [7, 11) is 0. The van der Waals surface area contributed by atoms with Crippen LogP contribution in [-0.4, -0.2) is 48.9 Å². The highest BCUT2D eigenvalue weighted by Gasteiger charge is 2.26. The Morgan fingerprint density at radius 2 is 2.00 bits per heavy atom. The van der Waals surface area contributed by atoms with Gasteiger partial charge in [0.25, 0.3) is 5.91 Å². The van der Waals surface area contributed by atoms with Crippen LogP contribution in [0.3, 0.4) is 0 Å². The predicted octanol–water partition coefficient (Wildman–Crippen LogP) is 1.97. The minimum Gasteiger partial charge on any atom is -0.354 e. The van der Waals surface area contributed by atoms with Crippen LogP contribution in [0.1, 0.15) is 48.5 Å². The second-order valence-corrected chi connectivity index (χ2v) is 7.20. The van der Waals surface area contributed by atoms with Crippen molar-refractivity contribution >= 4 is 11.8 Å². The summed E-state index contributed by atoms with van der Waals surface area (Å²) in [5.41, 5.74) is 2.01. The van der Waals surface area contributed by atoms with Crippen molar-refractivity contribution in [1.82, 2.24) is 15.5 Å². The summed E-state index contributed by atoms with van der Waals surface area (Å²) < 4.78 is 0. The SMILES string of the molecule is CCc1ccc(C(=O)N2CCCC(CNC(=O)C3CCCN3)C2)cc1. The molecule has 25 heavy (non-hydrogen) atoms. The van der Waals surface area contributed by atoms with Crippen molar-refractivity contribution < 1.29 is 9.59 Å². The van der Waals surface area contributed by atoms with Crippen molar-refractivity contribution in [3.8, 4) is 0 Å². The van der Waals surface area contributed by atoms with Crippen molar-refractivity contribution in [2.45, 2.75) is 45.1 Å². The molecule has 0 bridgehead atoms. The fourth-order valence-corrected chi connectivity index (χ4v) is 3.76. The highest BCUT2D eigenvalue weighted by Crippen LogP contribution is 2.19. The lowest BCUT2D eigenvalue weighted by atomic mass is 9.97. The maximum absolute atomic E-state index is 12.7. The minimum absolute atomic E-state index is 0.0293. The van der Waals surface area contributed by atoms with Gasteiger partial charge in [0.15, 0.2) is 0 Å². The number of rotatable bonds is 5. The summed E-state index contributed by atoms with van der Waals surface area (Å²) in [6.45, 7) is 5.24. The zero-order valence-corrected chi connectivity index (χ0v) is 15.1. The van der Waals surface area contributed by atoms with Gasteiger partial charge in [0.05, 0.1) is 6.04 Å². The quantitative estimate of drug-likeness (QED) is 0.859. The van der Waals surface area contributed by atoms with Crippen LogP contribution >= 0.6 is 0 Å². The van der Waals surface area contributed by atoms with Crippen LogP contribution in [0.4, 0.5) is 0 Å². The summed E-state index contributed by atoms with van der Waals surface area (Å²) in [5, 5.41) is 6.29. The highest BCUT2D eigenvalue weighted by atomic mass is 16.2. The Labute approximate surface area is 150 Å². The summed E-state index contributed by atoms with van der Waals surface area (Å²) in [6, 6.07) is 7.89. The standard InChI is InChI=1S/C20H29N3O2/c1-2-15-7-9-17(10-8-15)20(25)23-12-4-5-16(14-23)13-22-19(24)18-6-3-11-21-18/h7-10,16,18,21H,2-6,11-14H2,1H3,(H,22,24). The average molecular weight is 343 g/mol. The molecule has 1 aromatic rings. The lowest BCUT2D eigenvalue weighted by molar-refractivity contribution is -0.123. The molecule has 2 amide bonds. The number of carbonyl (C=O) groups excluding carboxylic acids is 2. The van der Waals surface area contributed by atoms with Crippen LogP contribution in [0.15, 0.2) is 24.3 Å². The van der Waals surface area contributed by atoms with Gasteiger partial charge in [-0.05, 0) is 62.3 Å². The number of piperidine rings is 1. The van der Waals surface area contributed by atoms with E-state index in [1.165, 1.54) is 5.56 Å². The summed E-state index contributed by atoms with van der Waals surface area (Å²) in [5.74, 6) is 0.560. The van der Waals surface area contributed by atoms with E-state index in [-0.39, 0.29) is 17.9 Å². The molecule has 2 aliphatic heterocycles. The van der Waals surface area contributed by atoms with Crippen LogP contribution in [-0.2, 0) is 11.2 Å². The lowest BCUT2D eigenvalue weighted by Gasteiger charge is -2.33. The largest absolute Gasteiger partial charge is 0.354 e. The minimum atomic E-state index is -0.0293. The van der Waals surface area contributed by atoms with Gasteiger partial charge < -0.3 is 15.5 Å². The van der Waals surface area contributed by atoms with Crippen molar-refractivity contribution in [2.75, 3.05) is 26.2 Å². The van der Waals surface area contributed by atoms with E-state index in [0.29, 0.717) is 12.5 Å². The Bertz CT molecular complexity index is 593. The van der Waals surface area contributed by atoms with Crippen molar-refractivity contribution in [2.24, 2.45) is 5.92 Å². The molecule has 1 aromatic carbocycles. The molecule has 5 nitrogen and oxygen atoms in total. The van der Waals surface area contributed by atoms with Crippen LogP contribution in [0.5, 0.6) is 0 Å². The molecule has 5 heteroatoms. The number of carbonyl (C=O) groups is 2. The summed E-state index contributed by atoms with van der Waals surface area (Å²) in [6.07, 6.45) is 5.04. The van der Waals surface area contributed by atoms with Crippen molar-refractivity contribution in [3.63, 3.8) is 0 Å². The molecule has 136 valence electrons. The molecule has 2 atom stereocenters. The third kappa shape index (κ3) is 4.60. The van der Waals surface area contributed by atoms with Gasteiger partial charge in [0.2, 0.25) is 5.91 Å². The molecule has 0 radical (unpaired) electrons. The first-order chi connectivity index (χ1) is 12.2. The van der Waals surface area contributed by atoms with Crippen molar-refractivity contribution in [1.29, 1.82) is 0 Å². The Kier molecular flexibility index (Phi) is 6.08. The number of benzene rings is 1. The zero-order valence-electron chi connectivity index (χ0n) is 15.1. The molecule has 2 aliphatic rings. The van der Waals surface area contributed by atoms with E-state index in [2.05, 4.69) is 17.6 Å². The van der Waals surface area contributed by atoms with Gasteiger partial charge in [-0.15, -0.1) is 0 Å². The first kappa shape index (κ1) is 17.9. The molecule has 2 N–H and O–H groups in total. The Morgan fingerprint density at radius 3 is 2.68 bits per heavy atom. The van der Waals surface area contributed by atoms with Gasteiger partial charge in [-0.2, -0.15) is 0 Å². The maximum atomic E-state index is 12.7.